The van der Waals surface area contributed by atoms with Crippen LogP contribution in [0.15, 0.2) is 58.8 Å². The molecule has 6 N–H and O–H groups in total. The van der Waals surface area contributed by atoms with Gasteiger partial charge >= 0.3 is 18.0 Å². The van der Waals surface area contributed by atoms with Crippen molar-refractivity contribution in [2.24, 2.45) is 27.7 Å². The average molecular weight is 748 g/mol. The molecule has 1 saturated carbocycles. The number of carbonyl (C=O) groups excluding carboxylic acids is 2. The molecule has 0 aliphatic heterocycles. The van der Waals surface area contributed by atoms with Crippen molar-refractivity contribution in [1.29, 1.82) is 5.41 Å². The van der Waals surface area contributed by atoms with Gasteiger partial charge in [0.1, 0.15) is 28.6 Å². The van der Waals surface area contributed by atoms with E-state index in [-0.39, 0.29) is 40.2 Å². The Morgan fingerprint density at radius 3 is 2.29 bits per heavy atom. The summed E-state index contributed by atoms with van der Waals surface area (Å²) < 4.78 is 92.9. The highest BCUT2D eigenvalue weighted by molar-refractivity contribution is 7.98. The molecule has 2 aromatic rings. The number of anilines is 1. The third kappa shape index (κ3) is 9.80. The van der Waals surface area contributed by atoms with Crippen molar-refractivity contribution in [3.05, 3.63) is 54.4 Å². The van der Waals surface area contributed by atoms with Crippen LogP contribution in [0.5, 0.6) is 17.2 Å². The van der Waals surface area contributed by atoms with Gasteiger partial charge in [0.05, 0.1) is 17.9 Å². The zero-order valence-corrected chi connectivity index (χ0v) is 28.3. The van der Waals surface area contributed by atoms with Crippen molar-refractivity contribution in [2.45, 2.75) is 51.1 Å². The first kappa shape index (κ1) is 40.8. The lowest BCUT2D eigenvalue weighted by Gasteiger charge is -2.30. The van der Waals surface area contributed by atoms with E-state index >= 15 is 0 Å². The molecule has 0 radical (unpaired) electrons. The van der Waals surface area contributed by atoms with Crippen LogP contribution in [0, 0.1) is 23.2 Å². The summed E-state index contributed by atoms with van der Waals surface area (Å²) in [5, 5.41) is 44.2. The van der Waals surface area contributed by atoms with E-state index in [1.807, 2.05) is 13.2 Å². The number of halogens is 7. The fraction of sp³-hybridized carbons (Fsp3) is 0.424. The summed E-state index contributed by atoms with van der Waals surface area (Å²) in [6.07, 6.45) is -10.5. The predicted octanol–water partition coefficient (Wildman–Crippen LogP) is 7.49. The Balaban J connectivity index is 1.84. The number of phenolic OH excluding ortho intramolecular Hbond substituents is 3. The lowest BCUT2D eigenvalue weighted by Crippen LogP contribution is -2.58. The number of ketones is 1. The monoisotopic (exact) mass is 747 g/mol. The van der Waals surface area contributed by atoms with Crippen LogP contribution in [0.3, 0.4) is 0 Å². The number of thioether (sulfide) groups is 1. The third-order valence-electron chi connectivity index (χ3n) is 7.98. The number of nitrogens with one attached hydrogen (secondary N) is 3. The van der Waals surface area contributed by atoms with E-state index in [0.717, 1.165) is 31.0 Å². The number of hydrogen-bond acceptors (Lipinski definition) is 10. The Morgan fingerprint density at radius 1 is 1.06 bits per heavy atom. The Hall–Kier alpha value is -4.61. The zero-order valence-electron chi connectivity index (χ0n) is 27.5. The fourth-order valence-corrected chi connectivity index (χ4v) is 6.04. The topological polar surface area (TPSA) is 167 Å². The number of rotatable bonds is 16. The first-order chi connectivity index (χ1) is 23.8. The molecule has 3 unspecified atom stereocenters. The molecule has 1 fully saturated rings. The first-order valence-corrected chi connectivity index (χ1v) is 16.8. The van der Waals surface area contributed by atoms with Crippen molar-refractivity contribution >= 4 is 52.0 Å². The minimum absolute atomic E-state index is 0.0613. The van der Waals surface area contributed by atoms with Crippen molar-refractivity contribution in [1.82, 2.24) is 5.32 Å². The van der Waals surface area contributed by atoms with Crippen LogP contribution < -0.4 is 10.6 Å². The Morgan fingerprint density at radius 2 is 1.71 bits per heavy atom. The predicted molar refractivity (Wildman–Crippen MR) is 180 cm³/mol. The van der Waals surface area contributed by atoms with Gasteiger partial charge < -0.3 is 31.4 Å². The maximum Gasteiger partial charge on any atom is 0.437 e. The fourth-order valence-electron chi connectivity index (χ4n) is 5.27. The van der Waals surface area contributed by atoms with E-state index in [9.17, 15) is 55.6 Å². The Labute approximate surface area is 292 Å². The zero-order chi connectivity index (χ0) is 38.3. The van der Waals surface area contributed by atoms with Gasteiger partial charge in [0.2, 0.25) is 0 Å². The van der Waals surface area contributed by atoms with Crippen LogP contribution in [0.25, 0.3) is 0 Å². The molecular weight excluding hydrogens is 711 g/mol. The van der Waals surface area contributed by atoms with Gasteiger partial charge in [-0.25, -0.2) is 9.38 Å². The maximum atomic E-state index is 14.3. The molecule has 3 rings (SSSR count). The summed E-state index contributed by atoms with van der Waals surface area (Å²) in [6.45, 7) is 2.42. The highest BCUT2D eigenvalue weighted by Gasteiger charge is 2.75. The molecule has 0 saturated heterocycles. The molecule has 3 atom stereocenters. The quantitative estimate of drug-likeness (QED) is 0.0340. The summed E-state index contributed by atoms with van der Waals surface area (Å²) in [5.41, 5.74) is -8.83. The number of alkyl halides is 7. The molecule has 278 valence electrons. The largest absolute Gasteiger partial charge is 0.508 e. The number of aromatic hydroxyl groups is 3. The summed E-state index contributed by atoms with van der Waals surface area (Å²) in [5.74, 6) is -2.17. The van der Waals surface area contributed by atoms with E-state index < -0.39 is 77.9 Å². The minimum atomic E-state index is -6.33. The molecule has 2 aromatic carbocycles. The van der Waals surface area contributed by atoms with Crippen LogP contribution in [-0.2, 0) is 4.79 Å². The number of amides is 1. The van der Waals surface area contributed by atoms with Gasteiger partial charge in [0.25, 0.3) is 5.91 Å². The van der Waals surface area contributed by atoms with E-state index in [1.54, 1.807) is 11.8 Å². The lowest BCUT2D eigenvalue weighted by molar-refractivity contribution is -0.313. The Kier molecular flexibility index (Phi) is 13.3. The van der Waals surface area contributed by atoms with Gasteiger partial charge in [-0.05, 0) is 54.9 Å². The van der Waals surface area contributed by atoms with Crippen LogP contribution in [0.2, 0.25) is 0 Å². The van der Waals surface area contributed by atoms with Gasteiger partial charge in [0.15, 0.2) is 5.78 Å². The second kappa shape index (κ2) is 16.6. The number of carbonyl (C=O) groups is 2. The molecule has 51 heavy (non-hydrogen) atoms. The van der Waals surface area contributed by atoms with Crippen LogP contribution in [-0.4, -0.2) is 80.7 Å². The lowest BCUT2D eigenvalue weighted by atomic mass is 9.96. The minimum Gasteiger partial charge on any atom is -0.508 e. The smallest absolute Gasteiger partial charge is 0.437 e. The van der Waals surface area contributed by atoms with Gasteiger partial charge in [-0.15, -0.1) is 0 Å². The average Bonchev–Trinajstić information content (AvgIpc) is 3.84. The normalized spacial score (nSPS) is 17.7. The van der Waals surface area contributed by atoms with Crippen LogP contribution in [0.1, 0.15) is 43.5 Å². The molecule has 1 aliphatic rings. The molecule has 1 amide bonds. The van der Waals surface area contributed by atoms with Crippen molar-refractivity contribution in [3.63, 3.8) is 0 Å². The third-order valence-corrected chi connectivity index (χ3v) is 8.83. The van der Waals surface area contributed by atoms with Crippen LogP contribution in [0.4, 0.5) is 42.1 Å². The first-order valence-electron chi connectivity index (χ1n) is 15.4. The highest BCUT2D eigenvalue weighted by Crippen LogP contribution is 2.49. The van der Waals surface area contributed by atoms with Crippen molar-refractivity contribution in [2.75, 3.05) is 23.9 Å². The number of phenols is 3. The van der Waals surface area contributed by atoms with Crippen molar-refractivity contribution in [3.8, 4) is 17.2 Å². The number of hydrogen-bond donors (Lipinski definition) is 6. The van der Waals surface area contributed by atoms with E-state index in [0.29, 0.717) is 12.6 Å². The summed E-state index contributed by atoms with van der Waals surface area (Å²) >= 11 is 1.63. The van der Waals surface area contributed by atoms with E-state index in [4.69, 9.17) is 5.41 Å². The van der Waals surface area contributed by atoms with Crippen molar-refractivity contribution < 1.29 is 55.6 Å². The number of benzene rings is 2. The molecule has 0 bridgehead atoms. The van der Waals surface area contributed by atoms with Gasteiger partial charge in [-0.3, -0.25) is 14.6 Å². The number of Topliss-reactive ketones (excluding diaryl/α,β-unsaturated/α-hetero) is 1. The standard InChI is InChI=1S/C33H36F7N5O5S/c1-4-27(31(34,32(35,36)37)33(38,39)40)43-10-9-42-15-18(41)11-24(44-23-7-5-6-8-25(23)47)30(50)45-28-22(12-19(46)13-26(28)48)29(49)21-14-20(21)17(2)16-51-3/h5-10,12-13,17,20-21,41-42,46-48H,4,11,14-16H2,1-3H3,(H,45,50)/b10-9+,41-18?,43-27?,44-24?. The molecular formula is C33H36F7N5O5S. The maximum absolute atomic E-state index is 14.3. The molecule has 1 aliphatic carbocycles. The summed E-state index contributed by atoms with van der Waals surface area (Å²) in [7, 11) is 0. The van der Waals surface area contributed by atoms with E-state index in [1.165, 1.54) is 24.3 Å². The van der Waals surface area contributed by atoms with Gasteiger partial charge in [0, 0.05) is 42.1 Å². The SMILES string of the molecule is CCC(=N/C=C/NCC(=N)CC(=Nc1ccccc1O)C(=O)Nc1c(O)cc(O)cc1C(=O)C1CC1C(C)CSC)C(F)(C(F)(F)F)C(F)(F)F. The number of para-hydroxylation sites is 2. The summed E-state index contributed by atoms with van der Waals surface area (Å²) in [4.78, 5) is 34.2. The van der Waals surface area contributed by atoms with Gasteiger partial charge in [-0.2, -0.15) is 38.1 Å². The van der Waals surface area contributed by atoms with E-state index in [2.05, 4.69) is 20.6 Å². The second-order valence-electron chi connectivity index (χ2n) is 11.8. The second-order valence-corrected chi connectivity index (χ2v) is 12.7. The Bertz CT molecular complexity index is 1700. The highest BCUT2D eigenvalue weighted by atomic mass is 32.2. The summed E-state index contributed by atoms with van der Waals surface area (Å²) in [6, 6.07) is 7.61. The molecule has 0 spiro atoms. The number of aliphatic imine (C=N–C) groups is 2. The van der Waals surface area contributed by atoms with Gasteiger partial charge in [-0.1, -0.05) is 26.0 Å². The molecule has 0 heterocycles. The number of nitrogens with zero attached hydrogens (tertiary/aromatic N) is 2. The van der Waals surface area contributed by atoms with Crippen LogP contribution >= 0.6 is 11.8 Å². The molecule has 0 aromatic heterocycles. The molecule has 18 heteroatoms. The molecule has 10 nitrogen and oxygen atoms in total.